The maximum Gasteiger partial charge on any atom is 0.297 e. The molecule has 0 amide bonds. The highest BCUT2D eigenvalue weighted by Crippen LogP contribution is 2.44. The molecule has 0 aromatic carbocycles. The van der Waals surface area contributed by atoms with E-state index in [9.17, 15) is 20.2 Å². The van der Waals surface area contributed by atoms with Crippen LogP contribution in [0, 0.1) is 20.2 Å². The van der Waals surface area contributed by atoms with Crippen molar-refractivity contribution in [3.8, 4) is 0 Å². The first-order valence-electron chi connectivity index (χ1n) is 6.23. The fraction of sp³-hybridized carbons (Fsp3) is 0.417. The number of aromatic nitrogens is 1. The van der Waals surface area contributed by atoms with E-state index in [1.54, 1.807) is 6.92 Å². The molecule has 110 valence electrons. The second kappa shape index (κ2) is 4.57. The van der Waals surface area contributed by atoms with Gasteiger partial charge in [-0.2, -0.15) is 0 Å². The van der Waals surface area contributed by atoms with E-state index in [0.29, 0.717) is 0 Å². The molecule has 1 aromatic heterocycles. The SMILES string of the molecule is CC1COC2(O1)c1ncccc1C([N+](=O)[O-])=CC2[N+](=O)[O-]. The lowest BCUT2D eigenvalue weighted by Gasteiger charge is -2.31. The third-order valence-corrected chi connectivity index (χ3v) is 3.45. The quantitative estimate of drug-likeness (QED) is 0.588. The Balaban J connectivity index is 2.25. The molecule has 1 aliphatic heterocycles. The fourth-order valence-electron chi connectivity index (χ4n) is 2.62. The van der Waals surface area contributed by atoms with Crippen molar-refractivity contribution in [1.29, 1.82) is 0 Å². The molecule has 1 saturated heterocycles. The monoisotopic (exact) mass is 293 g/mol. The second-order valence-corrected chi connectivity index (χ2v) is 4.85. The molecule has 0 saturated carbocycles. The van der Waals surface area contributed by atoms with Gasteiger partial charge in [0.2, 0.25) is 0 Å². The van der Waals surface area contributed by atoms with E-state index < -0.39 is 21.7 Å². The predicted molar refractivity (Wildman–Crippen MR) is 68.2 cm³/mol. The molecule has 2 aliphatic rings. The summed E-state index contributed by atoms with van der Waals surface area (Å²) in [6.45, 7) is 1.86. The number of nitrogens with zero attached hydrogens (tertiary/aromatic N) is 3. The summed E-state index contributed by atoms with van der Waals surface area (Å²) in [6, 6.07) is 1.48. The van der Waals surface area contributed by atoms with Crippen molar-refractivity contribution in [2.45, 2.75) is 24.9 Å². The first-order valence-corrected chi connectivity index (χ1v) is 6.23. The lowest BCUT2D eigenvalue weighted by Crippen LogP contribution is -2.48. The molecule has 0 N–H and O–H groups in total. The van der Waals surface area contributed by atoms with Crippen molar-refractivity contribution in [3.05, 3.63) is 55.9 Å². The number of pyridine rings is 1. The molecule has 0 bridgehead atoms. The van der Waals surface area contributed by atoms with Gasteiger partial charge in [-0.25, -0.2) is 0 Å². The lowest BCUT2D eigenvalue weighted by atomic mass is 9.90. The molecule has 3 rings (SSSR count). The van der Waals surface area contributed by atoms with Crippen LogP contribution in [0.2, 0.25) is 0 Å². The third kappa shape index (κ3) is 1.89. The zero-order chi connectivity index (χ0) is 15.2. The van der Waals surface area contributed by atoms with Crippen LogP contribution in [0.3, 0.4) is 0 Å². The van der Waals surface area contributed by atoms with Crippen LogP contribution in [0.1, 0.15) is 18.2 Å². The maximum absolute atomic E-state index is 11.4. The summed E-state index contributed by atoms with van der Waals surface area (Å²) in [4.78, 5) is 25.2. The first-order chi connectivity index (χ1) is 9.95. The van der Waals surface area contributed by atoms with Gasteiger partial charge >= 0.3 is 0 Å². The van der Waals surface area contributed by atoms with Crippen molar-refractivity contribution in [2.24, 2.45) is 0 Å². The summed E-state index contributed by atoms with van der Waals surface area (Å²) < 4.78 is 11.2. The van der Waals surface area contributed by atoms with Crippen LogP contribution < -0.4 is 0 Å². The molecular weight excluding hydrogens is 282 g/mol. The Morgan fingerprint density at radius 2 is 2.19 bits per heavy atom. The van der Waals surface area contributed by atoms with E-state index in [1.165, 1.54) is 18.3 Å². The molecular formula is C12H11N3O6. The number of ether oxygens (including phenoxy) is 2. The zero-order valence-corrected chi connectivity index (χ0v) is 11.0. The molecule has 0 radical (unpaired) electrons. The summed E-state index contributed by atoms with van der Waals surface area (Å²) in [5.74, 6) is -1.71. The van der Waals surface area contributed by atoms with Gasteiger partial charge in [0.05, 0.1) is 29.3 Å². The van der Waals surface area contributed by atoms with Crippen molar-refractivity contribution in [3.63, 3.8) is 0 Å². The van der Waals surface area contributed by atoms with Crippen LogP contribution in [0.25, 0.3) is 5.70 Å². The Labute approximate surface area is 118 Å². The molecule has 9 nitrogen and oxygen atoms in total. The topological polar surface area (TPSA) is 118 Å². The van der Waals surface area contributed by atoms with Gasteiger partial charge < -0.3 is 9.47 Å². The molecule has 3 unspecified atom stereocenters. The largest absolute Gasteiger partial charge is 0.336 e. The minimum Gasteiger partial charge on any atom is -0.336 e. The van der Waals surface area contributed by atoms with Gasteiger partial charge in [-0.15, -0.1) is 0 Å². The van der Waals surface area contributed by atoms with Gasteiger partial charge in [0.25, 0.3) is 17.5 Å². The number of hydrogen-bond donors (Lipinski definition) is 0. The Bertz CT molecular complexity index is 660. The summed E-state index contributed by atoms with van der Waals surface area (Å²) in [5.41, 5.74) is -0.114. The summed E-state index contributed by atoms with van der Waals surface area (Å²) >= 11 is 0. The second-order valence-electron chi connectivity index (χ2n) is 4.85. The minimum absolute atomic E-state index is 0.0743. The molecule has 21 heavy (non-hydrogen) atoms. The summed E-state index contributed by atoms with van der Waals surface area (Å²) in [7, 11) is 0. The van der Waals surface area contributed by atoms with Crippen LogP contribution in [0.4, 0.5) is 0 Å². The first kappa shape index (κ1) is 13.6. The van der Waals surface area contributed by atoms with Crippen LogP contribution in [0.15, 0.2) is 24.4 Å². The van der Waals surface area contributed by atoms with Gasteiger partial charge in [0.1, 0.15) is 5.69 Å². The highest BCUT2D eigenvalue weighted by molar-refractivity contribution is 5.65. The van der Waals surface area contributed by atoms with Gasteiger partial charge in [-0.1, -0.05) is 0 Å². The Hall–Kier alpha value is -2.39. The van der Waals surface area contributed by atoms with E-state index in [1.807, 2.05) is 0 Å². The number of rotatable bonds is 2. The van der Waals surface area contributed by atoms with Gasteiger partial charge in [-0.05, 0) is 19.1 Å². The van der Waals surface area contributed by atoms with E-state index in [0.717, 1.165) is 6.08 Å². The van der Waals surface area contributed by atoms with E-state index in [4.69, 9.17) is 9.47 Å². The van der Waals surface area contributed by atoms with E-state index in [2.05, 4.69) is 4.98 Å². The summed E-state index contributed by atoms with van der Waals surface area (Å²) in [6.07, 6.45) is 1.99. The standard InChI is InChI=1S/C12H11N3O6/c1-7-6-20-12(21-7)10(15(18)19)5-9(14(16)17)8-3-2-4-13-11(8)12/h2-5,7,10H,6H2,1H3. The van der Waals surface area contributed by atoms with Crippen LogP contribution in [0.5, 0.6) is 0 Å². The molecule has 3 atom stereocenters. The lowest BCUT2D eigenvalue weighted by molar-refractivity contribution is -0.553. The highest BCUT2D eigenvalue weighted by Gasteiger charge is 2.60. The molecule has 2 heterocycles. The van der Waals surface area contributed by atoms with E-state index >= 15 is 0 Å². The molecule has 1 aromatic rings. The third-order valence-electron chi connectivity index (χ3n) is 3.45. The van der Waals surface area contributed by atoms with Crippen LogP contribution in [-0.4, -0.2) is 33.6 Å². The van der Waals surface area contributed by atoms with Crippen molar-refractivity contribution < 1.29 is 19.3 Å². The number of nitro groups is 2. The highest BCUT2D eigenvalue weighted by atomic mass is 16.8. The summed E-state index contributed by atoms with van der Waals surface area (Å²) in [5, 5.41) is 22.5. The number of hydrogen-bond acceptors (Lipinski definition) is 7. The zero-order valence-electron chi connectivity index (χ0n) is 11.0. The minimum atomic E-state index is -1.71. The Morgan fingerprint density at radius 1 is 1.43 bits per heavy atom. The van der Waals surface area contributed by atoms with Gasteiger partial charge in [0.15, 0.2) is 0 Å². The van der Waals surface area contributed by atoms with Crippen molar-refractivity contribution in [1.82, 2.24) is 4.98 Å². The Kier molecular flexibility index (Phi) is 2.96. The average Bonchev–Trinajstić information content (AvgIpc) is 2.81. The fourth-order valence-corrected chi connectivity index (χ4v) is 2.62. The van der Waals surface area contributed by atoms with Crippen LogP contribution >= 0.6 is 0 Å². The predicted octanol–water partition coefficient (Wildman–Crippen LogP) is 0.946. The van der Waals surface area contributed by atoms with Crippen molar-refractivity contribution in [2.75, 3.05) is 6.61 Å². The van der Waals surface area contributed by atoms with Crippen molar-refractivity contribution >= 4 is 5.70 Å². The average molecular weight is 293 g/mol. The normalized spacial score (nSPS) is 30.8. The van der Waals surface area contributed by atoms with Crippen LogP contribution in [-0.2, 0) is 15.3 Å². The van der Waals surface area contributed by atoms with Gasteiger partial charge in [0, 0.05) is 11.1 Å². The smallest absolute Gasteiger partial charge is 0.297 e. The maximum atomic E-state index is 11.4. The molecule has 1 spiro atoms. The molecule has 9 heteroatoms. The molecule has 1 aliphatic carbocycles. The Morgan fingerprint density at radius 3 is 2.76 bits per heavy atom. The van der Waals surface area contributed by atoms with E-state index in [-0.39, 0.29) is 29.7 Å². The molecule has 1 fully saturated rings. The van der Waals surface area contributed by atoms with Gasteiger partial charge in [-0.3, -0.25) is 25.2 Å². The number of fused-ring (bicyclic) bond motifs is 2.